The predicted molar refractivity (Wildman–Crippen MR) is 123 cm³/mol. The van der Waals surface area contributed by atoms with Gasteiger partial charge in [-0.15, -0.1) is 0 Å². The van der Waals surface area contributed by atoms with Crippen molar-refractivity contribution in [2.75, 3.05) is 32.0 Å². The van der Waals surface area contributed by atoms with E-state index in [1.807, 2.05) is 49.6 Å². The van der Waals surface area contributed by atoms with E-state index in [9.17, 15) is 0 Å². The van der Waals surface area contributed by atoms with Gasteiger partial charge in [-0.3, -0.25) is 4.99 Å². The number of pyridine rings is 1. The van der Waals surface area contributed by atoms with Gasteiger partial charge in [0.1, 0.15) is 11.6 Å². The lowest BCUT2D eigenvalue weighted by molar-refractivity contribution is 0.463. The summed E-state index contributed by atoms with van der Waals surface area (Å²) in [5, 5.41) is 6.70. The van der Waals surface area contributed by atoms with Crippen molar-refractivity contribution >= 4 is 11.8 Å². The van der Waals surface area contributed by atoms with Crippen LogP contribution in [0.1, 0.15) is 25.6 Å². The topological polar surface area (TPSA) is 81.2 Å². The summed E-state index contributed by atoms with van der Waals surface area (Å²) in [6.45, 7) is 5.26. The number of aliphatic imine (C=N–C) groups is 1. The zero-order valence-corrected chi connectivity index (χ0v) is 17.8. The van der Waals surface area contributed by atoms with Crippen LogP contribution >= 0.6 is 0 Å². The quantitative estimate of drug-likeness (QED) is 0.272. The number of hydrogen-bond donors (Lipinski definition) is 3. The van der Waals surface area contributed by atoms with Crippen LogP contribution in [0.25, 0.3) is 11.3 Å². The molecule has 0 aliphatic heterocycles. The molecule has 1 aromatic carbocycles. The van der Waals surface area contributed by atoms with Crippen LogP contribution in [0.4, 0.5) is 5.82 Å². The van der Waals surface area contributed by atoms with Gasteiger partial charge in [0.25, 0.3) is 0 Å². The van der Waals surface area contributed by atoms with E-state index in [1.54, 1.807) is 6.20 Å². The van der Waals surface area contributed by atoms with Crippen molar-refractivity contribution in [2.24, 2.45) is 4.99 Å². The van der Waals surface area contributed by atoms with Gasteiger partial charge < -0.3 is 20.5 Å². The Morgan fingerprint density at radius 3 is 2.67 bits per heavy atom. The Hall–Kier alpha value is -3.35. The van der Waals surface area contributed by atoms with Gasteiger partial charge in [0, 0.05) is 32.9 Å². The third kappa shape index (κ3) is 6.62. The number of nitrogens with one attached hydrogen (secondary N) is 3. The summed E-state index contributed by atoms with van der Waals surface area (Å²) in [5.74, 6) is 2.73. The van der Waals surface area contributed by atoms with E-state index in [0.717, 1.165) is 61.3 Å². The van der Waals surface area contributed by atoms with Gasteiger partial charge in [0.15, 0.2) is 5.96 Å². The first kappa shape index (κ1) is 21.4. The number of hydrogen-bond acceptors (Lipinski definition) is 4. The zero-order chi connectivity index (χ0) is 21.0. The minimum Gasteiger partial charge on any atom is -0.370 e. The number of anilines is 1. The molecular weight excluding hydrogens is 374 g/mol. The molecule has 3 rings (SSSR count). The molecule has 3 N–H and O–H groups in total. The molecule has 0 aliphatic rings. The normalized spacial score (nSPS) is 11.3. The zero-order valence-electron chi connectivity index (χ0n) is 17.8. The lowest BCUT2D eigenvalue weighted by Gasteiger charge is -2.21. The summed E-state index contributed by atoms with van der Waals surface area (Å²) in [6.07, 6.45) is 5.74. The average molecular weight is 406 g/mol. The minimum atomic E-state index is 0.667. The van der Waals surface area contributed by atoms with E-state index in [2.05, 4.69) is 49.5 Å². The fourth-order valence-electron chi connectivity index (χ4n) is 3.08. The van der Waals surface area contributed by atoms with Crippen molar-refractivity contribution in [1.29, 1.82) is 0 Å². The first-order valence-corrected chi connectivity index (χ1v) is 10.5. The van der Waals surface area contributed by atoms with Gasteiger partial charge in [-0.05, 0) is 37.5 Å². The van der Waals surface area contributed by atoms with E-state index in [-0.39, 0.29) is 0 Å². The van der Waals surface area contributed by atoms with Gasteiger partial charge in [-0.25, -0.2) is 9.97 Å². The van der Waals surface area contributed by atoms with Crippen molar-refractivity contribution in [3.8, 4) is 11.3 Å². The molecule has 0 saturated carbocycles. The Kier molecular flexibility index (Phi) is 8.26. The van der Waals surface area contributed by atoms with Crippen LogP contribution in [0.2, 0.25) is 0 Å². The maximum Gasteiger partial charge on any atom is 0.194 e. The van der Waals surface area contributed by atoms with E-state index >= 15 is 0 Å². The largest absolute Gasteiger partial charge is 0.370 e. The maximum absolute atomic E-state index is 4.77. The number of guanidine groups is 1. The maximum atomic E-state index is 4.77. The number of rotatable bonds is 10. The minimum absolute atomic E-state index is 0.667. The van der Waals surface area contributed by atoms with Crippen LogP contribution in [0.3, 0.4) is 0 Å². The summed E-state index contributed by atoms with van der Waals surface area (Å²) in [6, 6.07) is 16.1. The highest BCUT2D eigenvalue weighted by molar-refractivity contribution is 5.79. The monoisotopic (exact) mass is 405 g/mol. The molecule has 0 amide bonds. The van der Waals surface area contributed by atoms with Crippen LogP contribution in [0, 0.1) is 0 Å². The van der Waals surface area contributed by atoms with E-state index < -0.39 is 0 Å². The van der Waals surface area contributed by atoms with E-state index in [4.69, 9.17) is 4.99 Å². The Morgan fingerprint density at radius 2 is 1.90 bits per heavy atom. The van der Waals surface area contributed by atoms with Gasteiger partial charge in [0.05, 0.1) is 18.4 Å². The molecule has 0 bridgehead atoms. The smallest absolute Gasteiger partial charge is 0.194 e. The van der Waals surface area contributed by atoms with Gasteiger partial charge in [0.2, 0.25) is 0 Å². The number of H-pyrrole nitrogens is 1. The highest BCUT2D eigenvalue weighted by atomic mass is 15.3. The number of benzene rings is 1. The molecule has 3 aromatic rings. The molecule has 2 aromatic heterocycles. The van der Waals surface area contributed by atoms with Gasteiger partial charge in [-0.2, -0.15) is 0 Å². The Labute approximate surface area is 178 Å². The Morgan fingerprint density at radius 1 is 1.07 bits per heavy atom. The van der Waals surface area contributed by atoms with Crippen LogP contribution in [-0.4, -0.2) is 52.5 Å². The number of unbranched alkanes of at least 4 members (excludes halogenated alkanes) is 1. The summed E-state index contributed by atoms with van der Waals surface area (Å²) in [5.41, 5.74) is 2.17. The highest BCUT2D eigenvalue weighted by Crippen LogP contribution is 2.16. The van der Waals surface area contributed by atoms with Crippen molar-refractivity contribution in [3.63, 3.8) is 0 Å². The number of aromatic nitrogens is 3. The third-order valence-electron chi connectivity index (χ3n) is 4.61. The number of aromatic amines is 1. The second-order valence-corrected chi connectivity index (χ2v) is 7.05. The van der Waals surface area contributed by atoms with Crippen molar-refractivity contribution in [2.45, 2.75) is 26.3 Å². The van der Waals surface area contributed by atoms with Gasteiger partial charge in [-0.1, -0.05) is 36.4 Å². The first-order valence-electron chi connectivity index (χ1n) is 10.5. The predicted octanol–water partition coefficient (Wildman–Crippen LogP) is 3.76. The van der Waals surface area contributed by atoms with Crippen LogP contribution in [0.15, 0.2) is 65.9 Å². The SMILES string of the molecule is CCNC(=NCCCCNc1ccccn1)N(C)Cc1ncc(-c2ccccc2)[nH]1. The first-order chi connectivity index (χ1) is 14.8. The Bertz CT molecular complexity index is 890. The average Bonchev–Trinajstić information content (AvgIpc) is 3.25. The fraction of sp³-hybridized carbons (Fsp3) is 0.348. The lowest BCUT2D eigenvalue weighted by Crippen LogP contribution is -2.38. The van der Waals surface area contributed by atoms with Crippen LogP contribution in [-0.2, 0) is 6.54 Å². The van der Waals surface area contributed by atoms with Crippen LogP contribution < -0.4 is 10.6 Å². The molecular formula is C23H31N7. The standard InChI is InChI=1S/C23H31N7/c1-3-24-23(27-16-10-9-15-26-21-13-7-8-14-25-21)30(2)18-22-28-17-20(29-22)19-11-5-4-6-12-19/h4-8,11-14,17H,3,9-10,15-16,18H2,1-2H3,(H,24,27)(H,25,26)(H,28,29). The Balaban J connectivity index is 1.46. The molecule has 0 saturated heterocycles. The number of imidazole rings is 1. The molecule has 7 heteroatoms. The van der Waals surface area contributed by atoms with Crippen LogP contribution in [0.5, 0.6) is 0 Å². The number of nitrogens with zero attached hydrogens (tertiary/aromatic N) is 4. The molecule has 158 valence electrons. The van der Waals surface area contributed by atoms with Crippen molar-refractivity contribution in [3.05, 3.63) is 66.7 Å². The molecule has 0 unspecified atom stereocenters. The summed E-state index contributed by atoms with van der Waals surface area (Å²) in [7, 11) is 2.04. The van der Waals surface area contributed by atoms with Crippen molar-refractivity contribution in [1.82, 2.24) is 25.2 Å². The van der Waals surface area contributed by atoms with Gasteiger partial charge >= 0.3 is 0 Å². The lowest BCUT2D eigenvalue weighted by atomic mass is 10.2. The molecule has 0 radical (unpaired) electrons. The van der Waals surface area contributed by atoms with E-state index in [1.165, 1.54) is 0 Å². The van der Waals surface area contributed by atoms with Crippen molar-refractivity contribution < 1.29 is 0 Å². The summed E-state index contributed by atoms with van der Waals surface area (Å²) >= 11 is 0. The summed E-state index contributed by atoms with van der Waals surface area (Å²) < 4.78 is 0. The summed E-state index contributed by atoms with van der Waals surface area (Å²) in [4.78, 5) is 19.1. The fourth-order valence-corrected chi connectivity index (χ4v) is 3.08. The molecule has 0 atom stereocenters. The molecule has 30 heavy (non-hydrogen) atoms. The second-order valence-electron chi connectivity index (χ2n) is 7.05. The van der Waals surface area contributed by atoms with E-state index in [0.29, 0.717) is 6.54 Å². The molecule has 0 aliphatic carbocycles. The third-order valence-corrected chi connectivity index (χ3v) is 4.61. The molecule has 0 spiro atoms. The molecule has 7 nitrogen and oxygen atoms in total. The second kappa shape index (κ2) is 11.6. The molecule has 2 heterocycles. The highest BCUT2D eigenvalue weighted by Gasteiger charge is 2.09. The molecule has 0 fully saturated rings.